The third-order valence-corrected chi connectivity index (χ3v) is 3.76. The van der Waals surface area contributed by atoms with Crippen LogP contribution in [0.4, 0.5) is 0 Å². The number of ether oxygens (including phenoxy) is 1. The second-order valence-corrected chi connectivity index (χ2v) is 6.54. The first-order chi connectivity index (χ1) is 8.88. The van der Waals surface area contributed by atoms with Crippen molar-refractivity contribution < 1.29 is 4.74 Å². The third kappa shape index (κ3) is 3.57. The minimum absolute atomic E-state index is 0.178. The number of aryl methyl sites for hydroxylation is 1. The molecule has 1 unspecified atom stereocenters. The number of nitrogens with one attached hydrogen (secondary N) is 1. The van der Waals surface area contributed by atoms with Gasteiger partial charge in [0.05, 0.1) is 18.3 Å². The lowest BCUT2D eigenvalue weighted by atomic mass is 10.1. The SMILES string of the molecule is Cc1nn(C2CCOC2)c(C)c1CCNC(C)(C)C. The molecule has 1 saturated heterocycles. The Morgan fingerprint density at radius 3 is 2.68 bits per heavy atom. The highest BCUT2D eigenvalue weighted by Gasteiger charge is 2.22. The molecule has 2 rings (SSSR count). The Labute approximate surface area is 116 Å². The summed E-state index contributed by atoms with van der Waals surface area (Å²) in [5.74, 6) is 0. The molecule has 0 saturated carbocycles. The van der Waals surface area contributed by atoms with Crippen LogP contribution in [0.25, 0.3) is 0 Å². The van der Waals surface area contributed by atoms with Gasteiger partial charge in [0, 0.05) is 17.8 Å². The summed E-state index contributed by atoms with van der Waals surface area (Å²) in [6, 6.07) is 0.433. The Morgan fingerprint density at radius 1 is 1.37 bits per heavy atom. The first-order valence-corrected chi connectivity index (χ1v) is 7.26. The Hall–Kier alpha value is -0.870. The highest BCUT2D eigenvalue weighted by Crippen LogP contribution is 2.23. The van der Waals surface area contributed by atoms with Crippen molar-refractivity contribution in [3.05, 3.63) is 17.0 Å². The van der Waals surface area contributed by atoms with E-state index in [1.165, 1.54) is 17.0 Å². The monoisotopic (exact) mass is 265 g/mol. The van der Waals surface area contributed by atoms with Crippen LogP contribution in [0.15, 0.2) is 0 Å². The van der Waals surface area contributed by atoms with Gasteiger partial charge in [-0.1, -0.05) is 0 Å². The van der Waals surface area contributed by atoms with E-state index in [2.05, 4.69) is 44.6 Å². The summed E-state index contributed by atoms with van der Waals surface area (Å²) in [5.41, 5.74) is 4.05. The molecule has 1 aromatic rings. The molecule has 108 valence electrons. The predicted molar refractivity (Wildman–Crippen MR) is 77.6 cm³/mol. The number of aromatic nitrogens is 2. The number of rotatable bonds is 4. The Bertz CT molecular complexity index is 425. The highest BCUT2D eigenvalue weighted by atomic mass is 16.5. The highest BCUT2D eigenvalue weighted by molar-refractivity contribution is 5.25. The van der Waals surface area contributed by atoms with Gasteiger partial charge in [0.15, 0.2) is 0 Å². The normalized spacial score (nSPS) is 20.2. The molecule has 1 N–H and O–H groups in total. The van der Waals surface area contributed by atoms with Crippen molar-refractivity contribution in [2.45, 2.75) is 59.0 Å². The van der Waals surface area contributed by atoms with Gasteiger partial charge in [-0.2, -0.15) is 5.10 Å². The molecule has 0 spiro atoms. The fraction of sp³-hybridized carbons (Fsp3) is 0.800. The van der Waals surface area contributed by atoms with E-state index in [0.717, 1.165) is 32.6 Å². The molecule has 2 heterocycles. The molecular formula is C15H27N3O. The maximum absolute atomic E-state index is 5.47. The van der Waals surface area contributed by atoms with Gasteiger partial charge < -0.3 is 10.1 Å². The zero-order valence-corrected chi connectivity index (χ0v) is 12.9. The summed E-state index contributed by atoms with van der Waals surface area (Å²) in [5, 5.41) is 8.26. The van der Waals surface area contributed by atoms with Gasteiger partial charge in [-0.25, -0.2) is 0 Å². The van der Waals surface area contributed by atoms with E-state index < -0.39 is 0 Å². The summed E-state index contributed by atoms with van der Waals surface area (Å²) >= 11 is 0. The molecule has 0 aromatic carbocycles. The molecule has 1 aliphatic heterocycles. The van der Waals surface area contributed by atoms with E-state index in [4.69, 9.17) is 9.84 Å². The average Bonchev–Trinajstić information content (AvgIpc) is 2.89. The maximum atomic E-state index is 5.47. The number of hydrogen-bond acceptors (Lipinski definition) is 3. The summed E-state index contributed by atoms with van der Waals surface area (Å²) < 4.78 is 7.64. The van der Waals surface area contributed by atoms with E-state index in [-0.39, 0.29) is 5.54 Å². The van der Waals surface area contributed by atoms with Crippen LogP contribution in [-0.2, 0) is 11.2 Å². The molecule has 0 bridgehead atoms. The minimum Gasteiger partial charge on any atom is -0.379 e. The molecule has 1 fully saturated rings. The lowest BCUT2D eigenvalue weighted by molar-refractivity contribution is 0.184. The van der Waals surface area contributed by atoms with Crippen LogP contribution in [0.1, 0.15) is 50.2 Å². The molecule has 1 aliphatic rings. The van der Waals surface area contributed by atoms with E-state index in [1.807, 2.05) is 0 Å². The van der Waals surface area contributed by atoms with Gasteiger partial charge in [-0.15, -0.1) is 0 Å². The zero-order chi connectivity index (χ0) is 14.0. The van der Waals surface area contributed by atoms with E-state index in [0.29, 0.717) is 6.04 Å². The fourth-order valence-corrected chi connectivity index (χ4v) is 2.69. The second-order valence-electron chi connectivity index (χ2n) is 6.54. The van der Waals surface area contributed by atoms with Crippen molar-refractivity contribution >= 4 is 0 Å². The van der Waals surface area contributed by atoms with Crippen LogP contribution in [0, 0.1) is 13.8 Å². The van der Waals surface area contributed by atoms with Gasteiger partial charge in [-0.05, 0) is 59.6 Å². The zero-order valence-electron chi connectivity index (χ0n) is 12.9. The van der Waals surface area contributed by atoms with Gasteiger partial charge in [0.1, 0.15) is 0 Å². The second kappa shape index (κ2) is 5.63. The van der Waals surface area contributed by atoms with E-state index in [1.54, 1.807) is 0 Å². The molecule has 4 heteroatoms. The van der Waals surface area contributed by atoms with Crippen LogP contribution in [-0.4, -0.2) is 35.1 Å². The van der Waals surface area contributed by atoms with E-state index >= 15 is 0 Å². The maximum Gasteiger partial charge on any atom is 0.0777 e. The largest absolute Gasteiger partial charge is 0.379 e. The van der Waals surface area contributed by atoms with Gasteiger partial charge in [-0.3, -0.25) is 4.68 Å². The number of hydrogen-bond donors (Lipinski definition) is 1. The fourth-order valence-electron chi connectivity index (χ4n) is 2.69. The Morgan fingerprint density at radius 2 is 2.11 bits per heavy atom. The molecule has 19 heavy (non-hydrogen) atoms. The standard InChI is InChI=1S/C15H27N3O/c1-11-14(6-8-16-15(3,4)5)12(2)18(17-11)13-7-9-19-10-13/h13,16H,6-10H2,1-5H3. The van der Waals surface area contributed by atoms with Crippen molar-refractivity contribution in [1.82, 2.24) is 15.1 Å². The number of nitrogens with zero attached hydrogens (tertiary/aromatic N) is 2. The smallest absolute Gasteiger partial charge is 0.0777 e. The van der Waals surface area contributed by atoms with Crippen LogP contribution >= 0.6 is 0 Å². The molecular weight excluding hydrogens is 238 g/mol. The molecule has 4 nitrogen and oxygen atoms in total. The van der Waals surface area contributed by atoms with Crippen molar-refractivity contribution in [2.75, 3.05) is 19.8 Å². The van der Waals surface area contributed by atoms with Crippen LogP contribution in [0.3, 0.4) is 0 Å². The predicted octanol–water partition coefficient (Wildman–Crippen LogP) is 2.39. The summed E-state index contributed by atoms with van der Waals surface area (Å²) in [6.45, 7) is 13.6. The van der Waals surface area contributed by atoms with Crippen LogP contribution in [0.5, 0.6) is 0 Å². The van der Waals surface area contributed by atoms with Crippen molar-refractivity contribution in [1.29, 1.82) is 0 Å². The summed E-state index contributed by atoms with van der Waals surface area (Å²) in [4.78, 5) is 0. The molecule has 0 radical (unpaired) electrons. The Kier molecular flexibility index (Phi) is 4.31. The van der Waals surface area contributed by atoms with Crippen LogP contribution < -0.4 is 5.32 Å². The van der Waals surface area contributed by atoms with Crippen LogP contribution in [0.2, 0.25) is 0 Å². The average molecular weight is 265 g/mol. The molecule has 0 aliphatic carbocycles. The van der Waals surface area contributed by atoms with Gasteiger partial charge >= 0.3 is 0 Å². The van der Waals surface area contributed by atoms with Crippen molar-refractivity contribution in [3.8, 4) is 0 Å². The lowest BCUT2D eigenvalue weighted by Gasteiger charge is -2.20. The van der Waals surface area contributed by atoms with Crippen molar-refractivity contribution in [3.63, 3.8) is 0 Å². The first-order valence-electron chi connectivity index (χ1n) is 7.26. The topological polar surface area (TPSA) is 39.1 Å². The first kappa shape index (κ1) is 14.5. The Balaban J connectivity index is 2.04. The van der Waals surface area contributed by atoms with Gasteiger partial charge in [0.25, 0.3) is 0 Å². The van der Waals surface area contributed by atoms with Gasteiger partial charge in [0.2, 0.25) is 0 Å². The van der Waals surface area contributed by atoms with Crippen molar-refractivity contribution in [2.24, 2.45) is 0 Å². The quantitative estimate of drug-likeness (QED) is 0.908. The third-order valence-electron chi connectivity index (χ3n) is 3.76. The summed E-state index contributed by atoms with van der Waals surface area (Å²) in [6.07, 6.45) is 2.13. The summed E-state index contributed by atoms with van der Waals surface area (Å²) in [7, 11) is 0. The molecule has 1 aromatic heterocycles. The molecule has 1 atom stereocenters. The minimum atomic E-state index is 0.178. The molecule has 0 amide bonds. The lowest BCUT2D eigenvalue weighted by Crippen LogP contribution is -2.37. The van der Waals surface area contributed by atoms with E-state index in [9.17, 15) is 0 Å².